The molecule has 170 valence electrons. The van der Waals surface area contributed by atoms with Gasteiger partial charge in [0.25, 0.3) is 5.91 Å². The SMILES string of the molecule is N#Cc1ccc(N2C[C@@H](C(F)(F)F)O[C@@H](C(=O)NCC3(F)CCNC3)C2)c2cccnc12. The number of anilines is 1. The van der Waals surface area contributed by atoms with Crippen molar-refractivity contribution in [2.75, 3.05) is 37.6 Å². The van der Waals surface area contributed by atoms with Crippen molar-refractivity contribution in [3.05, 3.63) is 36.0 Å². The van der Waals surface area contributed by atoms with E-state index >= 15 is 0 Å². The van der Waals surface area contributed by atoms with Crippen LogP contribution in [-0.2, 0) is 9.53 Å². The maximum atomic E-state index is 14.6. The molecule has 32 heavy (non-hydrogen) atoms. The second kappa shape index (κ2) is 8.52. The van der Waals surface area contributed by atoms with Crippen molar-refractivity contribution in [1.29, 1.82) is 5.26 Å². The number of amides is 1. The summed E-state index contributed by atoms with van der Waals surface area (Å²) in [6, 6.07) is 8.32. The van der Waals surface area contributed by atoms with Crippen LogP contribution in [0.4, 0.5) is 23.2 Å². The zero-order chi connectivity index (χ0) is 22.9. The molecule has 1 amide bonds. The van der Waals surface area contributed by atoms with E-state index in [0.717, 1.165) is 0 Å². The number of benzene rings is 1. The molecule has 2 aromatic rings. The summed E-state index contributed by atoms with van der Waals surface area (Å²) in [6.07, 6.45) is -6.65. The van der Waals surface area contributed by atoms with Gasteiger partial charge in [0.1, 0.15) is 11.7 Å². The van der Waals surface area contributed by atoms with E-state index in [4.69, 9.17) is 4.74 Å². The van der Waals surface area contributed by atoms with Gasteiger partial charge in [-0.05, 0) is 37.2 Å². The van der Waals surface area contributed by atoms with Gasteiger partial charge in [0, 0.05) is 23.8 Å². The molecule has 1 aromatic carbocycles. The number of aromatic nitrogens is 1. The first-order valence-electron chi connectivity index (χ1n) is 10.1. The number of carbonyl (C=O) groups is 1. The molecule has 2 aliphatic heterocycles. The number of hydrogen-bond acceptors (Lipinski definition) is 6. The molecule has 0 bridgehead atoms. The van der Waals surface area contributed by atoms with Crippen LogP contribution in [0.15, 0.2) is 30.5 Å². The van der Waals surface area contributed by atoms with Gasteiger partial charge in [-0.3, -0.25) is 9.78 Å². The Morgan fingerprint density at radius 2 is 2.19 bits per heavy atom. The van der Waals surface area contributed by atoms with Crippen LogP contribution in [0.3, 0.4) is 0 Å². The summed E-state index contributed by atoms with van der Waals surface area (Å²) in [5, 5.41) is 15.1. The Balaban J connectivity index is 1.61. The first-order valence-corrected chi connectivity index (χ1v) is 10.1. The van der Waals surface area contributed by atoms with E-state index in [2.05, 4.69) is 15.6 Å². The van der Waals surface area contributed by atoms with Crippen LogP contribution in [0.2, 0.25) is 0 Å². The van der Waals surface area contributed by atoms with E-state index in [-0.39, 0.29) is 31.6 Å². The average Bonchev–Trinajstić information content (AvgIpc) is 3.22. The Kier molecular flexibility index (Phi) is 5.92. The number of carbonyl (C=O) groups excluding carboxylic acids is 1. The van der Waals surface area contributed by atoms with Crippen molar-refractivity contribution >= 4 is 22.5 Å². The number of nitrogens with one attached hydrogen (secondary N) is 2. The lowest BCUT2D eigenvalue weighted by Gasteiger charge is -2.39. The number of rotatable bonds is 4. The second-order valence-electron chi connectivity index (χ2n) is 8.00. The molecule has 2 fully saturated rings. The van der Waals surface area contributed by atoms with Gasteiger partial charge in [-0.1, -0.05) is 0 Å². The Bertz CT molecular complexity index is 1050. The molecule has 0 radical (unpaired) electrons. The fourth-order valence-electron chi connectivity index (χ4n) is 4.03. The largest absolute Gasteiger partial charge is 0.416 e. The maximum Gasteiger partial charge on any atom is 0.416 e. The highest BCUT2D eigenvalue weighted by atomic mass is 19.4. The lowest BCUT2D eigenvalue weighted by molar-refractivity contribution is -0.234. The Morgan fingerprint density at radius 3 is 2.88 bits per heavy atom. The number of pyridine rings is 1. The van der Waals surface area contributed by atoms with E-state index in [1.54, 1.807) is 12.1 Å². The number of halogens is 4. The molecule has 4 rings (SSSR count). The van der Waals surface area contributed by atoms with Gasteiger partial charge in [0.2, 0.25) is 0 Å². The van der Waals surface area contributed by atoms with Crippen LogP contribution in [0.25, 0.3) is 10.9 Å². The molecule has 2 N–H and O–H groups in total. The third-order valence-electron chi connectivity index (χ3n) is 5.74. The van der Waals surface area contributed by atoms with Crippen molar-refractivity contribution in [2.45, 2.75) is 30.5 Å². The Morgan fingerprint density at radius 1 is 1.38 bits per heavy atom. The molecule has 2 aliphatic rings. The van der Waals surface area contributed by atoms with Crippen LogP contribution in [-0.4, -0.2) is 67.7 Å². The van der Waals surface area contributed by atoms with Crippen molar-refractivity contribution in [3.8, 4) is 6.07 Å². The number of morpholine rings is 1. The smallest absolute Gasteiger partial charge is 0.365 e. The quantitative estimate of drug-likeness (QED) is 0.692. The predicted molar refractivity (Wildman–Crippen MR) is 108 cm³/mol. The van der Waals surface area contributed by atoms with E-state index in [1.165, 1.54) is 23.2 Å². The molecule has 1 unspecified atom stereocenters. The number of ether oxygens (including phenoxy) is 1. The fraction of sp³-hybridized carbons (Fsp3) is 0.476. The molecule has 0 saturated carbocycles. The predicted octanol–water partition coefficient (Wildman–Crippen LogP) is 2.06. The van der Waals surface area contributed by atoms with Gasteiger partial charge in [0.15, 0.2) is 12.2 Å². The number of hydrogen-bond donors (Lipinski definition) is 2. The summed E-state index contributed by atoms with van der Waals surface area (Å²) in [6.45, 7) is -0.457. The van der Waals surface area contributed by atoms with Crippen molar-refractivity contribution < 1.29 is 27.1 Å². The summed E-state index contributed by atoms with van der Waals surface area (Å²) < 4.78 is 60.4. The zero-order valence-electron chi connectivity index (χ0n) is 17.0. The van der Waals surface area contributed by atoms with Crippen molar-refractivity contribution in [3.63, 3.8) is 0 Å². The summed E-state index contributed by atoms with van der Waals surface area (Å²) in [7, 11) is 0. The molecular formula is C21H21F4N5O2. The lowest BCUT2D eigenvalue weighted by atomic mass is 10.0. The normalized spacial score (nSPS) is 26.2. The molecule has 3 heterocycles. The Labute approximate surface area is 181 Å². The average molecular weight is 451 g/mol. The minimum atomic E-state index is -4.70. The minimum Gasteiger partial charge on any atom is -0.365 e. The molecule has 0 aliphatic carbocycles. The van der Waals surface area contributed by atoms with E-state index < -0.39 is 36.5 Å². The highest BCUT2D eigenvalue weighted by Crippen LogP contribution is 2.34. The highest BCUT2D eigenvalue weighted by molar-refractivity contribution is 5.95. The second-order valence-corrected chi connectivity index (χ2v) is 8.00. The number of nitrogens with zero attached hydrogens (tertiary/aromatic N) is 3. The van der Waals surface area contributed by atoms with Gasteiger partial charge in [-0.2, -0.15) is 18.4 Å². The van der Waals surface area contributed by atoms with Gasteiger partial charge >= 0.3 is 6.18 Å². The fourth-order valence-corrected chi connectivity index (χ4v) is 4.03. The number of alkyl halides is 4. The molecular weight excluding hydrogens is 430 g/mol. The summed E-state index contributed by atoms with van der Waals surface area (Å²) in [5.41, 5.74) is -0.582. The van der Waals surface area contributed by atoms with Crippen LogP contribution in [0.5, 0.6) is 0 Å². The van der Waals surface area contributed by atoms with E-state index in [1.807, 2.05) is 6.07 Å². The summed E-state index contributed by atoms with van der Waals surface area (Å²) >= 11 is 0. The highest BCUT2D eigenvalue weighted by Gasteiger charge is 2.48. The zero-order valence-corrected chi connectivity index (χ0v) is 17.0. The van der Waals surface area contributed by atoms with Gasteiger partial charge in [-0.25, -0.2) is 4.39 Å². The van der Waals surface area contributed by atoms with Gasteiger partial charge in [0.05, 0.1) is 30.7 Å². The van der Waals surface area contributed by atoms with Crippen molar-refractivity contribution in [2.24, 2.45) is 0 Å². The Hall–Kier alpha value is -2.97. The van der Waals surface area contributed by atoms with Crippen LogP contribution in [0, 0.1) is 11.3 Å². The molecule has 1 aromatic heterocycles. The van der Waals surface area contributed by atoms with Gasteiger partial charge < -0.3 is 20.3 Å². The monoisotopic (exact) mass is 451 g/mol. The first-order chi connectivity index (χ1) is 15.2. The molecule has 0 spiro atoms. The van der Waals surface area contributed by atoms with Crippen LogP contribution < -0.4 is 15.5 Å². The van der Waals surface area contributed by atoms with Gasteiger partial charge in [-0.15, -0.1) is 0 Å². The maximum absolute atomic E-state index is 14.6. The van der Waals surface area contributed by atoms with Crippen LogP contribution in [0.1, 0.15) is 12.0 Å². The third kappa shape index (κ3) is 4.47. The van der Waals surface area contributed by atoms with Crippen molar-refractivity contribution in [1.82, 2.24) is 15.6 Å². The lowest BCUT2D eigenvalue weighted by Crippen LogP contribution is -2.58. The summed E-state index contributed by atoms with van der Waals surface area (Å²) in [4.78, 5) is 18.2. The van der Waals surface area contributed by atoms with E-state index in [0.29, 0.717) is 23.1 Å². The minimum absolute atomic E-state index is 0.0698. The van der Waals surface area contributed by atoms with Crippen LogP contribution >= 0.6 is 0 Å². The standard InChI is InChI=1S/C21H21F4N5O2/c22-20(5-7-27-11-20)12-29-19(31)16-9-30(10-17(32-16)21(23,24)25)15-4-3-13(8-26)18-14(15)2-1-6-28-18/h1-4,6,16-17,27H,5,7,9-12H2,(H,29,31)/t16-,17+,20?/m1/s1. The molecule has 3 atom stereocenters. The molecule has 11 heteroatoms. The first kappa shape index (κ1) is 22.2. The summed E-state index contributed by atoms with van der Waals surface area (Å²) in [5.74, 6) is -0.802. The topological polar surface area (TPSA) is 90.3 Å². The molecule has 2 saturated heterocycles. The number of nitriles is 1. The third-order valence-corrected chi connectivity index (χ3v) is 5.74. The van der Waals surface area contributed by atoms with E-state index in [9.17, 15) is 27.6 Å². The molecule has 7 nitrogen and oxygen atoms in total. The number of fused-ring (bicyclic) bond motifs is 1.